The van der Waals surface area contributed by atoms with Gasteiger partial charge >= 0.3 is 0 Å². The van der Waals surface area contributed by atoms with Gasteiger partial charge in [0.1, 0.15) is 0 Å². The first-order valence-corrected chi connectivity index (χ1v) is 5.81. The average Bonchev–Trinajstić information content (AvgIpc) is 2.72. The highest BCUT2D eigenvalue weighted by Gasteiger charge is 2.25. The van der Waals surface area contributed by atoms with Crippen LogP contribution in [0.15, 0.2) is 12.1 Å². The Bertz CT molecular complexity index is 508. The van der Waals surface area contributed by atoms with Crippen molar-refractivity contribution in [1.82, 2.24) is 25.3 Å². The fraction of sp³-hybridized carbons (Fsp3) is 0.600. The number of rotatable bonds is 4. The van der Waals surface area contributed by atoms with Crippen LogP contribution in [0, 0.1) is 0 Å². The van der Waals surface area contributed by atoms with Crippen LogP contribution < -0.4 is 4.90 Å². The summed E-state index contributed by atoms with van der Waals surface area (Å²) in [5.74, 6) is 0.823. The Kier molecular flexibility index (Phi) is 2.60. The summed E-state index contributed by atoms with van der Waals surface area (Å²) in [4.78, 5) is 2.13. The molecule has 90 valence electrons. The second-order valence-corrected chi connectivity index (χ2v) is 4.22. The minimum Gasteiger partial charge on any atom is -0.395 e. The number of tetrazole rings is 1. The first-order chi connectivity index (χ1) is 8.38. The Morgan fingerprint density at radius 1 is 1.41 bits per heavy atom. The summed E-state index contributed by atoms with van der Waals surface area (Å²) in [6, 6.07) is 4.23. The fourth-order valence-corrected chi connectivity index (χ4v) is 2.08. The standard InChI is InChI=1S/C10H14N6O/c17-7-6-15(8-2-1-3-8)10-5-4-9-11-13-14-16(9)12-10/h4-5,8,17H,1-3,6-7H2. The van der Waals surface area contributed by atoms with Gasteiger partial charge in [-0.3, -0.25) is 0 Å². The van der Waals surface area contributed by atoms with E-state index in [1.54, 1.807) is 0 Å². The molecule has 0 saturated heterocycles. The van der Waals surface area contributed by atoms with Crippen molar-refractivity contribution in [2.45, 2.75) is 25.3 Å². The van der Waals surface area contributed by atoms with Gasteiger partial charge in [-0.25, -0.2) is 0 Å². The highest BCUT2D eigenvalue weighted by molar-refractivity contribution is 5.45. The molecular weight excluding hydrogens is 220 g/mol. The minimum absolute atomic E-state index is 0.131. The normalized spacial score (nSPS) is 16.1. The number of aliphatic hydroxyl groups excluding tert-OH is 1. The molecule has 2 aromatic heterocycles. The summed E-state index contributed by atoms with van der Waals surface area (Å²) < 4.78 is 1.42. The first kappa shape index (κ1) is 10.4. The maximum atomic E-state index is 9.12. The number of aliphatic hydroxyl groups is 1. The van der Waals surface area contributed by atoms with Gasteiger partial charge in [0.25, 0.3) is 0 Å². The molecule has 17 heavy (non-hydrogen) atoms. The largest absolute Gasteiger partial charge is 0.395 e. The van der Waals surface area contributed by atoms with Crippen molar-refractivity contribution in [3.8, 4) is 0 Å². The van der Waals surface area contributed by atoms with E-state index in [0.717, 1.165) is 18.7 Å². The van der Waals surface area contributed by atoms with E-state index >= 15 is 0 Å². The maximum absolute atomic E-state index is 9.12. The van der Waals surface area contributed by atoms with Crippen molar-refractivity contribution in [3.05, 3.63) is 12.1 Å². The molecule has 0 radical (unpaired) electrons. The SMILES string of the molecule is OCCN(c1ccc2nnnn2n1)C1CCC1. The van der Waals surface area contributed by atoms with Gasteiger partial charge in [-0.2, -0.15) is 0 Å². The summed E-state index contributed by atoms with van der Waals surface area (Å²) in [5, 5.41) is 24.6. The summed E-state index contributed by atoms with van der Waals surface area (Å²) in [6.07, 6.45) is 3.57. The number of anilines is 1. The van der Waals surface area contributed by atoms with Crippen LogP contribution in [-0.2, 0) is 0 Å². The van der Waals surface area contributed by atoms with Crippen molar-refractivity contribution in [3.63, 3.8) is 0 Å². The molecule has 0 atom stereocenters. The molecule has 1 aliphatic carbocycles. The molecular formula is C10H14N6O. The molecule has 2 heterocycles. The lowest BCUT2D eigenvalue weighted by molar-refractivity contribution is 0.282. The van der Waals surface area contributed by atoms with Crippen LogP contribution in [-0.4, -0.2) is 49.6 Å². The molecule has 1 fully saturated rings. The van der Waals surface area contributed by atoms with Crippen molar-refractivity contribution >= 4 is 11.5 Å². The monoisotopic (exact) mass is 234 g/mol. The van der Waals surface area contributed by atoms with E-state index in [1.807, 2.05) is 12.1 Å². The van der Waals surface area contributed by atoms with E-state index in [9.17, 15) is 0 Å². The fourth-order valence-electron chi connectivity index (χ4n) is 2.08. The number of hydrogen-bond donors (Lipinski definition) is 1. The zero-order valence-corrected chi connectivity index (χ0v) is 9.40. The van der Waals surface area contributed by atoms with E-state index in [0.29, 0.717) is 18.2 Å². The van der Waals surface area contributed by atoms with E-state index in [-0.39, 0.29) is 6.61 Å². The second-order valence-electron chi connectivity index (χ2n) is 4.22. The zero-order valence-electron chi connectivity index (χ0n) is 9.40. The smallest absolute Gasteiger partial charge is 0.200 e. The molecule has 0 spiro atoms. The molecule has 0 aliphatic heterocycles. The van der Waals surface area contributed by atoms with Crippen LogP contribution in [0.2, 0.25) is 0 Å². The number of hydrogen-bond acceptors (Lipinski definition) is 6. The summed E-state index contributed by atoms with van der Waals surface area (Å²) in [7, 11) is 0. The van der Waals surface area contributed by atoms with Gasteiger partial charge in [0, 0.05) is 12.6 Å². The lowest BCUT2D eigenvalue weighted by Gasteiger charge is -2.37. The third kappa shape index (κ3) is 1.82. The minimum atomic E-state index is 0.131. The molecule has 7 nitrogen and oxygen atoms in total. The highest BCUT2D eigenvalue weighted by Crippen LogP contribution is 2.27. The number of nitrogens with zero attached hydrogens (tertiary/aromatic N) is 6. The third-order valence-corrected chi connectivity index (χ3v) is 3.21. The Morgan fingerprint density at radius 3 is 3.00 bits per heavy atom. The van der Waals surface area contributed by atoms with Gasteiger partial charge in [0.2, 0.25) is 0 Å². The summed E-state index contributed by atoms with van der Waals surface area (Å²) in [5.41, 5.74) is 0.631. The molecule has 1 saturated carbocycles. The van der Waals surface area contributed by atoms with Crippen LogP contribution in [0.5, 0.6) is 0 Å². The predicted molar refractivity (Wildman–Crippen MR) is 60.6 cm³/mol. The van der Waals surface area contributed by atoms with Crippen LogP contribution >= 0.6 is 0 Å². The van der Waals surface area contributed by atoms with Crippen LogP contribution in [0.25, 0.3) is 5.65 Å². The van der Waals surface area contributed by atoms with Gasteiger partial charge in [-0.15, -0.1) is 14.8 Å². The molecule has 0 aromatic carbocycles. The van der Waals surface area contributed by atoms with Crippen LogP contribution in [0.3, 0.4) is 0 Å². The van der Waals surface area contributed by atoms with Crippen molar-refractivity contribution in [2.75, 3.05) is 18.1 Å². The zero-order chi connectivity index (χ0) is 11.7. The Hall–Kier alpha value is -1.76. The predicted octanol–water partition coefficient (Wildman–Crippen LogP) is -0.130. The lowest BCUT2D eigenvalue weighted by Crippen LogP contribution is -2.42. The maximum Gasteiger partial charge on any atom is 0.200 e. The molecule has 1 aliphatic rings. The van der Waals surface area contributed by atoms with Gasteiger partial charge in [0.15, 0.2) is 11.5 Å². The van der Waals surface area contributed by atoms with Crippen molar-refractivity contribution in [2.24, 2.45) is 0 Å². The molecule has 1 N–H and O–H groups in total. The third-order valence-electron chi connectivity index (χ3n) is 3.21. The van der Waals surface area contributed by atoms with Crippen molar-refractivity contribution < 1.29 is 5.11 Å². The van der Waals surface area contributed by atoms with Gasteiger partial charge in [-0.05, 0) is 41.8 Å². The van der Waals surface area contributed by atoms with Gasteiger partial charge in [0.05, 0.1) is 6.61 Å². The molecule has 0 unspecified atom stereocenters. The number of aromatic nitrogens is 5. The lowest BCUT2D eigenvalue weighted by atomic mass is 9.91. The first-order valence-electron chi connectivity index (χ1n) is 5.81. The van der Waals surface area contributed by atoms with E-state index in [2.05, 4.69) is 25.5 Å². The molecule has 3 rings (SSSR count). The van der Waals surface area contributed by atoms with E-state index in [4.69, 9.17) is 5.11 Å². The molecule has 0 bridgehead atoms. The summed E-state index contributed by atoms with van der Waals surface area (Å²) in [6.45, 7) is 0.733. The highest BCUT2D eigenvalue weighted by atomic mass is 16.3. The van der Waals surface area contributed by atoms with Gasteiger partial charge in [-0.1, -0.05) is 0 Å². The quantitative estimate of drug-likeness (QED) is 0.794. The Labute approximate surface area is 98.0 Å². The second kappa shape index (κ2) is 4.25. The summed E-state index contributed by atoms with van der Waals surface area (Å²) >= 11 is 0. The molecule has 7 heteroatoms. The van der Waals surface area contributed by atoms with Crippen molar-refractivity contribution in [1.29, 1.82) is 0 Å². The average molecular weight is 234 g/mol. The van der Waals surface area contributed by atoms with Gasteiger partial charge < -0.3 is 10.0 Å². The Balaban J connectivity index is 1.92. The molecule has 0 amide bonds. The molecule has 2 aromatic rings. The van der Waals surface area contributed by atoms with Crippen LogP contribution in [0.4, 0.5) is 5.82 Å². The van der Waals surface area contributed by atoms with Crippen LogP contribution in [0.1, 0.15) is 19.3 Å². The van der Waals surface area contributed by atoms with E-state index < -0.39 is 0 Å². The van der Waals surface area contributed by atoms with E-state index in [1.165, 1.54) is 11.1 Å². The Morgan fingerprint density at radius 2 is 2.29 bits per heavy atom. The number of fused-ring (bicyclic) bond motifs is 1. The topological polar surface area (TPSA) is 79.4 Å².